The van der Waals surface area contributed by atoms with Crippen molar-refractivity contribution in [2.75, 3.05) is 18.0 Å². The zero-order valence-electron chi connectivity index (χ0n) is 9.60. The first-order valence-electron chi connectivity index (χ1n) is 5.56. The molecule has 0 aromatic heterocycles. The number of carboxylic acid groups (broad SMARTS) is 1. The van der Waals surface area contributed by atoms with E-state index < -0.39 is 11.9 Å². The number of carbonyl (C=O) groups excluding carboxylic acids is 1. The Kier molecular flexibility index (Phi) is 3.56. The number of nitrogens with two attached hydrogens (primary N) is 1. The van der Waals surface area contributed by atoms with Gasteiger partial charge < -0.3 is 15.7 Å². The van der Waals surface area contributed by atoms with Gasteiger partial charge in [-0.2, -0.15) is 0 Å². The standard InChI is InChI=1S/C12H13BrN2O3/c13-8-1-2-10(9(5-8)11(14)16)15-4-3-7(6-15)12(17)18/h1-2,5,7H,3-4,6H2,(H2,14,16)(H,17,18). The Labute approximate surface area is 113 Å². The van der Waals surface area contributed by atoms with Crippen LogP contribution in [0, 0.1) is 5.92 Å². The van der Waals surface area contributed by atoms with Crippen LogP contribution in [0.4, 0.5) is 5.69 Å². The summed E-state index contributed by atoms with van der Waals surface area (Å²) in [4.78, 5) is 24.2. The Hall–Kier alpha value is -1.56. The van der Waals surface area contributed by atoms with E-state index in [2.05, 4.69) is 15.9 Å². The highest BCUT2D eigenvalue weighted by molar-refractivity contribution is 9.10. The number of nitrogens with zero attached hydrogens (tertiary/aromatic N) is 1. The average Bonchev–Trinajstić information content (AvgIpc) is 2.78. The molecule has 1 aliphatic rings. The molecule has 1 aromatic rings. The summed E-state index contributed by atoms with van der Waals surface area (Å²) in [5.74, 6) is -1.69. The largest absolute Gasteiger partial charge is 0.481 e. The molecule has 18 heavy (non-hydrogen) atoms. The Morgan fingerprint density at radius 2 is 2.17 bits per heavy atom. The minimum atomic E-state index is -0.796. The Morgan fingerprint density at radius 1 is 1.44 bits per heavy atom. The zero-order valence-corrected chi connectivity index (χ0v) is 11.2. The smallest absolute Gasteiger partial charge is 0.308 e. The van der Waals surface area contributed by atoms with Crippen LogP contribution in [0.3, 0.4) is 0 Å². The molecule has 1 saturated heterocycles. The molecule has 1 unspecified atom stereocenters. The molecule has 0 aliphatic carbocycles. The summed E-state index contributed by atoms with van der Waals surface area (Å²) in [6, 6.07) is 5.26. The van der Waals surface area contributed by atoms with Crippen molar-refractivity contribution >= 4 is 33.5 Å². The fourth-order valence-corrected chi connectivity index (χ4v) is 2.52. The maximum absolute atomic E-state index is 11.4. The monoisotopic (exact) mass is 312 g/mol. The van der Waals surface area contributed by atoms with Gasteiger partial charge in [-0.15, -0.1) is 0 Å². The first-order chi connectivity index (χ1) is 8.49. The molecule has 6 heteroatoms. The van der Waals surface area contributed by atoms with E-state index >= 15 is 0 Å². The zero-order chi connectivity index (χ0) is 13.3. The van der Waals surface area contributed by atoms with Crippen LogP contribution < -0.4 is 10.6 Å². The van der Waals surface area contributed by atoms with Gasteiger partial charge in [-0.3, -0.25) is 9.59 Å². The van der Waals surface area contributed by atoms with Crippen molar-refractivity contribution in [3.05, 3.63) is 28.2 Å². The van der Waals surface area contributed by atoms with E-state index in [1.165, 1.54) is 0 Å². The van der Waals surface area contributed by atoms with Gasteiger partial charge in [0, 0.05) is 23.2 Å². The van der Waals surface area contributed by atoms with E-state index in [0.29, 0.717) is 30.8 Å². The third-order valence-electron chi connectivity index (χ3n) is 3.10. The van der Waals surface area contributed by atoms with Crippen molar-refractivity contribution in [3.63, 3.8) is 0 Å². The van der Waals surface area contributed by atoms with Crippen LogP contribution in [0.25, 0.3) is 0 Å². The maximum atomic E-state index is 11.4. The molecule has 0 saturated carbocycles. The number of anilines is 1. The van der Waals surface area contributed by atoms with Gasteiger partial charge >= 0.3 is 5.97 Å². The van der Waals surface area contributed by atoms with Gasteiger partial charge in [0.15, 0.2) is 0 Å². The minimum absolute atomic E-state index is 0.380. The number of rotatable bonds is 3. The average molecular weight is 313 g/mol. The lowest BCUT2D eigenvalue weighted by Crippen LogP contribution is -2.25. The molecule has 1 aliphatic heterocycles. The van der Waals surface area contributed by atoms with E-state index in [1.807, 2.05) is 11.0 Å². The summed E-state index contributed by atoms with van der Waals surface area (Å²) in [5.41, 5.74) is 6.46. The first kappa shape index (κ1) is 12.9. The fraction of sp³-hybridized carbons (Fsp3) is 0.333. The SMILES string of the molecule is NC(=O)c1cc(Br)ccc1N1CCC(C(=O)O)C1. The van der Waals surface area contributed by atoms with Gasteiger partial charge in [0.05, 0.1) is 11.5 Å². The third kappa shape index (κ3) is 2.48. The quantitative estimate of drug-likeness (QED) is 0.885. The second-order valence-corrected chi connectivity index (χ2v) is 5.21. The summed E-state index contributed by atoms with van der Waals surface area (Å²) in [7, 11) is 0. The Morgan fingerprint density at radius 3 is 2.72 bits per heavy atom. The number of hydrogen-bond acceptors (Lipinski definition) is 3. The number of carbonyl (C=O) groups is 2. The topological polar surface area (TPSA) is 83.6 Å². The molecule has 1 aromatic carbocycles. The van der Waals surface area contributed by atoms with E-state index in [1.54, 1.807) is 12.1 Å². The summed E-state index contributed by atoms with van der Waals surface area (Å²) in [5, 5.41) is 8.97. The van der Waals surface area contributed by atoms with Crippen molar-refractivity contribution in [2.24, 2.45) is 11.7 Å². The van der Waals surface area contributed by atoms with Crippen molar-refractivity contribution in [2.45, 2.75) is 6.42 Å². The second kappa shape index (κ2) is 4.97. The molecule has 1 heterocycles. The van der Waals surface area contributed by atoms with Crippen molar-refractivity contribution in [1.29, 1.82) is 0 Å². The van der Waals surface area contributed by atoms with Gasteiger partial charge in [0.1, 0.15) is 0 Å². The lowest BCUT2D eigenvalue weighted by molar-refractivity contribution is -0.140. The lowest BCUT2D eigenvalue weighted by atomic mass is 10.1. The first-order valence-corrected chi connectivity index (χ1v) is 6.35. The Bertz CT molecular complexity index is 504. The number of amides is 1. The normalized spacial score (nSPS) is 18.9. The van der Waals surface area contributed by atoms with Gasteiger partial charge in [0.2, 0.25) is 0 Å². The number of primary amides is 1. The van der Waals surface area contributed by atoms with E-state index in [0.717, 1.165) is 4.47 Å². The molecule has 1 fully saturated rings. The molecule has 5 nitrogen and oxygen atoms in total. The van der Waals surface area contributed by atoms with E-state index in [-0.39, 0.29) is 5.92 Å². The molecule has 3 N–H and O–H groups in total. The van der Waals surface area contributed by atoms with Gasteiger partial charge in [0.25, 0.3) is 5.91 Å². The molecule has 1 amide bonds. The highest BCUT2D eigenvalue weighted by Crippen LogP contribution is 2.29. The van der Waals surface area contributed by atoms with Crippen LogP contribution in [-0.2, 0) is 4.79 Å². The van der Waals surface area contributed by atoms with Crippen LogP contribution in [0.2, 0.25) is 0 Å². The van der Waals surface area contributed by atoms with E-state index in [4.69, 9.17) is 10.8 Å². The van der Waals surface area contributed by atoms with Crippen molar-refractivity contribution in [1.82, 2.24) is 0 Å². The number of aliphatic carboxylic acids is 1. The molecular weight excluding hydrogens is 300 g/mol. The van der Waals surface area contributed by atoms with Crippen LogP contribution in [0.1, 0.15) is 16.8 Å². The summed E-state index contributed by atoms with van der Waals surface area (Å²) in [6.45, 7) is 1.04. The molecule has 0 spiro atoms. The molecule has 0 radical (unpaired) electrons. The van der Waals surface area contributed by atoms with Gasteiger partial charge in [-0.25, -0.2) is 0 Å². The molecule has 0 bridgehead atoms. The maximum Gasteiger partial charge on any atom is 0.308 e. The van der Waals surface area contributed by atoms with Crippen LogP contribution >= 0.6 is 15.9 Å². The second-order valence-electron chi connectivity index (χ2n) is 4.30. The van der Waals surface area contributed by atoms with Crippen molar-refractivity contribution in [3.8, 4) is 0 Å². The van der Waals surface area contributed by atoms with Gasteiger partial charge in [-0.1, -0.05) is 15.9 Å². The number of carboxylic acids is 1. The molecular formula is C12H13BrN2O3. The Balaban J connectivity index is 2.29. The van der Waals surface area contributed by atoms with Crippen molar-refractivity contribution < 1.29 is 14.7 Å². The predicted octanol–water partition coefficient (Wildman–Crippen LogP) is 1.46. The molecule has 2 rings (SSSR count). The van der Waals surface area contributed by atoms with Crippen LogP contribution in [0.15, 0.2) is 22.7 Å². The highest BCUT2D eigenvalue weighted by Gasteiger charge is 2.29. The number of hydrogen-bond donors (Lipinski definition) is 2. The van der Waals surface area contributed by atoms with Gasteiger partial charge in [-0.05, 0) is 24.6 Å². The number of halogens is 1. The number of benzene rings is 1. The molecule has 1 atom stereocenters. The molecule has 96 valence electrons. The van der Waals surface area contributed by atoms with Crippen LogP contribution in [-0.4, -0.2) is 30.1 Å². The van der Waals surface area contributed by atoms with E-state index in [9.17, 15) is 9.59 Å². The highest BCUT2D eigenvalue weighted by atomic mass is 79.9. The summed E-state index contributed by atoms with van der Waals surface area (Å²) in [6.07, 6.45) is 0.587. The minimum Gasteiger partial charge on any atom is -0.481 e. The lowest BCUT2D eigenvalue weighted by Gasteiger charge is -2.20. The fourth-order valence-electron chi connectivity index (χ4n) is 2.16. The summed E-state index contributed by atoms with van der Waals surface area (Å²) >= 11 is 3.29. The summed E-state index contributed by atoms with van der Waals surface area (Å²) < 4.78 is 0.772. The predicted molar refractivity (Wildman–Crippen MR) is 70.6 cm³/mol. The third-order valence-corrected chi connectivity index (χ3v) is 3.60. The van der Waals surface area contributed by atoms with Crippen LogP contribution in [0.5, 0.6) is 0 Å².